The summed E-state index contributed by atoms with van der Waals surface area (Å²) >= 11 is 1.37. The molecule has 1 aromatic heterocycles. The number of ketones is 1. The first-order valence-corrected chi connectivity index (χ1v) is 7.10. The number of carboxylic acid groups (broad SMARTS) is 1. The minimum Gasteiger partial charge on any atom is -0.480 e. The van der Waals surface area contributed by atoms with Crippen molar-refractivity contribution < 1.29 is 14.7 Å². The number of hydrogen-bond acceptors (Lipinski definition) is 4. The maximum Gasteiger partial charge on any atom is 0.321 e. The largest absolute Gasteiger partial charge is 0.480 e. The molecule has 98 valence electrons. The summed E-state index contributed by atoms with van der Waals surface area (Å²) in [6.45, 7) is 1.57. The van der Waals surface area contributed by atoms with E-state index < -0.39 is 12.0 Å². The van der Waals surface area contributed by atoms with Crippen LogP contribution >= 0.6 is 11.3 Å². The van der Waals surface area contributed by atoms with Gasteiger partial charge in [0.15, 0.2) is 5.78 Å². The molecule has 4 nitrogen and oxygen atoms in total. The third-order valence-electron chi connectivity index (χ3n) is 3.29. The van der Waals surface area contributed by atoms with Gasteiger partial charge in [-0.05, 0) is 37.4 Å². The molecular weight excluding hydrogens is 250 g/mol. The Morgan fingerprint density at radius 2 is 2.06 bits per heavy atom. The second kappa shape index (κ2) is 6.11. The fourth-order valence-electron chi connectivity index (χ4n) is 2.32. The quantitative estimate of drug-likeness (QED) is 0.831. The summed E-state index contributed by atoms with van der Waals surface area (Å²) in [4.78, 5) is 25.9. The average Bonchev–Trinajstić information content (AvgIpc) is 2.90. The van der Waals surface area contributed by atoms with Crippen LogP contribution < -0.4 is 0 Å². The first kappa shape index (κ1) is 13.2. The molecule has 2 heterocycles. The van der Waals surface area contributed by atoms with Crippen LogP contribution in [0.4, 0.5) is 0 Å². The summed E-state index contributed by atoms with van der Waals surface area (Å²) in [6.07, 6.45) is 3.28. The number of carboxylic acids is 1. The van der Waals surface area contributed by atoms with Crippen molar-refractivity contribution >= 4 is 23.1 Å². The van der Waals surface area contributed by atoms with Crippen LogP contribution in [0.3, 0.4) is 0 Å². The summed E-state index contributed by atoms with van der Waals surface area (Å²) < 4.78 is 0. The average molecular weight is 267 g/mol. The van der Waals surface area contributed by atoms with Gasteiger partial charge in [-0.1, -0.05) is 12.5 Å². The van der Waals surface area contributed by atoms with Crippen molar-refractivity contribution in [2.45, 2.75) is 31.7 Å². The number of aliphatic carboxylic acids is 1. The van der Waals surface area contributed by atoms with E-state index in [0.717, 1.165) is 32.4 Å². The summed E-state index contributed by atoms with van der Waals surface area (Å²) in [5.74, 6) is -0.954. The molecule has 1 N–H and O–H groups in total. The Hall–Kier alpha value is -1.20. The maximum absolute atomic E-state index is 12.0. The Morgan fingerprint density at radius 3 is 2.61 bits per heavy atom. The standard InChI is InChI=1S/C13H17NO3S/c15-11(12-5-4-8-18-12)9-10(13(16)17)14-6-2-1-3-7-14/h4-5,8,10H,1-3,6-7,9H2,(H,16,17)/t10-/m1/s1. The molecular formula is C13H17NO3S. The third kappa shape index (κ3) is 3.17. The van der Waals surface area contributed by atoms with Gasteiger partial charge < -0.3 is 5.11 Å². The molecule has 0 saturated carbocycles. The minimum atomic E-state index is -0.887. The third-order valence-corrected chi connectivity index (χ3v) is 4.20. The van der Waals surface area contributed by atoms with E-state index in [1.54, 1.807) is 6.07 Å². The van der Waals surface area contributed by atoms with Crippen molar-refractivity contribution in [3.63, 3.8) is 0 Å². The molecule has 0 bridgehead atoms. The molecule has 0 radical (unpaired) electrons. The van der Waals surface area contributed by atoms with E-state index in [1.807, 2.05) is 16.3 Å². The lowest BCUT2D eigenvalue weighted by Gasteiger charge is -2.31. The van der Waals surface area contributed by atoms with Gasteiger partial charge in [-0.2, -0.15) is 0 Å². The van der Waals surface area contributed by atoms with E-state index >= 15 is 0 Å². The first-order valence-electron chi connectivity index (χ1n) is 6.22. The molecule has 0 amide bonds. The lowest BCUT2D eigenvalue weighted by molar-refractivity contribution is -0.143. The molecule has 0 aromatic carbocycles. The smallest absolute Gasteiger partial charge is 0.321 e. The zero-order valence-corrected chi connectivity index (χ0v) is 11.0. The molecule has 1 atom stereocenters. The highest BCUT2D eigenvalue weighted by atomic mass is 32.1. The fourth-order valence-corrected chi connectivity index (χ4v) is 2.99. The summed E-state index contributed by atoms with van der Waals surface area (Å²) in [5, 5.41) is 11.1. The van der Waals surface area contributed by atoms with Gasteiger partial charge in [0.25, 0.3) is 0 Å². The number of thiophene rings is 1. The van der Waals surface area contributed by atoms with Gasteiger partial charge in [0, 0.05) is 6.42 Å². The number of carbonyl (C=O) groups excluding carboxylic acids is 1. The number of hydrogen-bond donors (Lipinski definition) is 1. The fraction of sp³-hybridized carbons (Fsp3) is 0.538. The molecule has 5 heteroatoms. The van der Waals surface area contributed by atoms with E-state index in [0.29, 0.717) is 4.88 Å². The van der Waals surface area contributed by atoms with Crippen LogP contribution in [0, 0.1) is 0 Å². The SMILES string of the molecule is O=C(C[C@H](C(=O)O)N1CCCCC1)c1cccs1. The molecule has 1 fully saturated rings. The maximum atomic E-state index is 12.0. The van der Waals surface area contributed by atoms with Gasteiger partial charge in [0.05, 0.1) is 4.88 Å². The van der Waals surface area contributed by atoms with Crippen LogP contribution in [0.5, 0.6) is 0 Å². The van der Waals surface area contributed by atoms with Crippen molar-refractivity contribution in [2.75, 3.05) is 13.1 Å². The predicted molar refractivity (Wildman–Crippen MR) is 70.1 cm³/mol. The highest BCUT2D eigenvalue weighted by Gasteiger charge is 2.29. The van der Waals surface area contributed by atoms with Crippen LogP contribution in [-0.2, 0) is 4.79 Å². The van der Waals surface area contributed by atoms with E-state index in [9.17, 15) is 14.7 Å². The number of piperidine rings is 1. The van der Waals surface area contributed by atoms with Gasteiger partial charge in [-0.15, -0.1) is 11.3 Å². The van der Waals surface area contributed by atoms with Crippen molar-refractivity contribution in [3.05, 3.63) is 22.4 Å². The highest BCUT2D eigenvalue weighted by molar-refractivity contribution is 7.12. The second-order valence-corrected chi connectivity index (χ2v) is 5.50. The summed E-state index contributed by atoms with van der Waals surface area (Å²) in [6, 6.07) is 2.90. The molecule has 1 saturated heterocycles. The molecule has 1 aliphatic rings. The van der Waals surface area contributed by atoms with Gasteiger partial charge >= 0.3 is 5.97 Å². The minimum absolute atomic E-state index is 0.0667. The van der Waals surface area contributed by atoms with Crippen LogP contribution in [0.2, 0.25) is 0 Å². The Bertz CT molecular complexity index is 410. The first-order chi connectivity index (χ1) is 8.68. The van der Waals surface area contributed by atoms with Crippen LogP contribution in [-0.4, -0.2) is 40.9 Å². The van der Waals surface area contributed by atoms with Gasteiger partial charge in [0.1, 0.15) is 6.04 Å². The Kier molecular flexibility index (Phi) is 4.49. The van der Waals surface area contributed by atoms with Crippen molar-refractivity contribution in [1.29, 1.82) is 0 Å². The molecule has 1 aromatic rings. The van der Waals surface area contributed by atoms with Crippen molar-refractivity contribution in [3.8, 4) is 0 Å². The Labute approximate surface area is 110 Å². The number of Topliss-reactive ketones (excluding diaryl/α,β-unsaturated/α-hetero) is 1. The predicted octanol–water partition coefficient (Wildman–Crippen LogP) is 2.26. The Balaban J connectivity index is 2.02. The van der Waals surface area contributed by atoms with E-state index in [-0.39, 0.29) is 12.2 Å². The van der Waals surface area contributed by atoms with Crippen molar-refractivity contribution in [1.82, 2.24) is 4.90 Å². The van der Waals surface area contributed by atoms with Crippen LogP contribution in [0.25, 0.3) is 0 Å². The number of likely N-dealkylation sites (tertiary alicyclic amines) is 1. The zero-order valence-electron chi connectivity index (χ0n) is 10.2. The summed E-state index contributed by atoms with van der Waals surface area (Å²) in [5.41, 5.74) is 0. The highest BCUT2D eigenvalue weighted by Crippen LogP contribution is 2.18. The van der Waals surface area contributed by atoms with Gasteiger partial charge in [0.2, 0.25) is 0 Å². The Morgan fingerprint density at radius 1 is 1.33 bits per heavy atom. The second-order valence-electron chi connectivity index (χ2n) is 4.56. The number of carbonyl (C=O) groups is 2. The lowest BCUT2D eigenvalue weighted by atomic mass is 10.0. The normalized spacial score (nSPS) is 18.4. The molecule has 2 rings (SSSR count). The summed E-state index contributed by atoms with van der Waals surface area (Å²) in [7, 11) is 0. The lowest BCUT2D eigenvalue weighted by Crippen LogP contribution is -2.45. The van der Waals surface area contributed by atoms with Crippen molar-refractivity contribution in [2.24, 2.45) is 0 Å². The molecule has 0 unspecified atom stereocenters. The van der Waals surface area contributed by atoms with Crippen LogP contribution in [0.1, 0.15) is 35.4 Å². The molecule has 0 aliphatic carbocycles. The topological polar surface area (TPSA) is 57.6 Å². The molecule has 0 spiro atoms. The molecule has 1 aliphatic heterocycles. The number of rotatable bonds is 5. The van der Waals surface area contributed by atoms with Gasteiger partial charge in [-0.25, -0.2) is 0 Å². The zero-order chi connectivity index (χ0) is 13.0. The van der Waals surface area contributed by atoms with Crippen LogP contribution in [0.15, 0.2) is 17.5 Å². The number of nitrogens with zero attached hydrogens (tertiary/aromatic N) is 1. The van der Waals surface area contributed by atoms with E-state index in [2.05, 4.69) is 0 Å². The monoisotopic (exact) mass is 267 g/mol. The molecule has 18 heavy (non-hydrogen) atoms. The van der Waals surface area contributed by atoms with E-state index in [1.165, 1.54) is 11.3 Å². The van der Waals surface area contributed by atoms with E-state index in [4.69, 9.17) is 0 Å². The van der Waals surface area contributed by atoms with Gasteiger partial charge in [-0.3, -0.25) is 14.5 Å².